The van der Waals surface area contributed by atoms with E-state index >= 15 is 0 Å². The summed E-state index contributed by atoms with van der Waals surface area (Å²) in [6.45, 7) is 14.2. The Balaban J connectivity index is 2.14. The number of hydrogen-bond donors (Lipinski definition) is 1. The van der Waals surface area contributed by atoms with Gasteiger partial charge in [-0.25, -0.2) is 4.79 Å². The lowest BCUT2D eigenvalue weighted by Gasteiger charge is -2.39. The summed E-state index contributed by atoms with van der Waals surface area (Å²) in [4.78, 5) is 26.3. The molecule has 0 aromatic heterocycles. The second kappa shape index (κ2) is 9.23. The summed E-state index contributed by atoms with van der Waals surface area (Å²) >= 11 is 0. The highest BCUT2D eigenvalue weighted by Gasteiger charge is 2.43. The van der Waals surface area contributed by atoms with Gasteiger partial charge in [0.1, 0.15) is 6.61 Å². The summed E-state index contributed by atoms with van der Waals surface area (Å²) in [6.07, 6.45) is 1.16. The largest absolute Gasteiger partial charge is 0.493 e. The van der Waals surface area contributed by atoms with Crippen molar-refractivity contribution in [2.24, 2.45) is 5.41 Å². The lowest BCUT2D eigenvalue weighted by atomic mass is 9.68. The second-order valence-electron chi connectivity index (χ2n) is 9.31. The molecule has 32 heavy (non-hydrogen) atoms. The molecule has 1 aromatic carbocycles. The number of ether oxygens (including phenoxy) is 3. The zero-order valence-corrected chi connectivity index (χ0v) is 19.9. The van der Waals surface area contributed by atoms with Crippen LogP contribution in [0.5, 0.6) is 11.5 Å². The third kappa shape index (κ3) is 4.74. The molecule has 172 valence electrons. The first-order valence-electron chi connectivity index (χ1n) is 10.9. The van der Waals surface area contributed by atoms with Crippen LogP contribution < -0.4 is 14.8 Å². The first-order chi connectivity index (χ1) is 15.1. The Morgan fingerprint density at radius 2 is 1.97 bits per heavy atom. The van der Waals surface area contributed by atoms with Crippen molar-refractivity contribution in [1.82, 2.24) is 5.32 Å². The molecule has 6 heteroatoms. The van der Waals surface area contributed by atoms with E-state index in [0.717, 1.165) is 23.3 Å². The van der Waals surface area contributed by atoms with Crippen molar-refractivity contribution in [2.75, 3.05) is 20.3 Å². The van der Waals surface area contributed by atoms with Gasteiger partial charge < -0.3 is 19.5 Å². The summed E-state index contributed by atoms with van der Waals surface area (Å²) in [5.41, 5.74) is 4.21. The van der Waals surface area contributed by atoms with Crippen LogP contribution in [0.15, 0.2) is 52.9 Å². The molecule has 1 aliphatic carbocycles. The molecule has 1 aliphatic heterocycles. The third-order valence-corrected chi connectivity index (χ3v) is 5.73. The number of ketones is 1. The van der Waals surface area contributed by atoms with Gasteiger partial charge in [0.15, 0.2) is 17.3 Å². The normalized spacial score (nSPS) is 19.8. The maximum absolute atomic E-state index is 13.3. The van der Waals surface area contributed by atoms with Gasteiger partial charge in [-0.15, -0.1) is 0 Å². The van der Waals surface area contributed by atoms with Crippen LogP contribution in [-0.4, -0.2) is 32.1 Å². The summed E-state index contributed by atoms with van der Waals surface area (Å²) in [5, 5.41) is 3.34. The Morgan fingerprint density at radius 3 is 2.59 bits per heavy atom. The Morgan fingerprint density at radius 1 is 1.25 bits per heavy atom. The van der Waals surface area contributed by atoms with Crippen LogP contribution in [-0.2, 0) is 14.3 Å². The molecule has 0 saturated heterocycles. The van der Waals surface area contributed by atoms with Crippen LogP contribution in [0.25, 0.3) is 0 Å². The fourth-order valence-corrected chi connectivity index (χ4v) is 4.43. The van der Waals surface area contributed by atoms with Crippen molar-refractivity contribution >= 4 is 11.8 Å². The molecule has 0 bridgehead atoms. The van der Waals surface area contributed by atoms with Crippen molar-refractivity contribution in [3.63, 3.8) is 0 Å². The number of allylic oxidation sites excluding steroid dienone is 3. The Kier molecular flexibility index (Phi) is 6.82. The smallest absolute Gasteiger partial charge is 0.336 e. The van der Waals surface area contributed by atoms with E-state index in [4.69, 9.17) is 14.2 Å². The number of hydrogen-bond acceptors (Lipinski definition) is 6. The van der Waals surface area contributed by atoms with E-state index in [1.54, 1.807) is 14.0 Å². The van der Waals surface area contributed by atoms with Crippen molar-refractivity contribution in [1.29, 1.82) is 0 Å². The highest BCUT2D eigenvalue weighted by Crippen LogP contribution is 2.47. The van der Waals surface area contributed by atoms with Gasteiger partial charge in [0, 0.05) is 29.3 Å². The molecule has 0 saturated carbocycles. The van der Waals surface area contributed by atoms with Crippen LogP contribution in [0.4, 0.5) is 0 Å². The molecule has 0 unspecified atom stereocenters. The third-order valence-electron chi connectivity index (χ3n) is 5.73. The number of rotatable bonds is 7. The fraction of sp³-hybridized carbons (Fsp3) is 0.462. The molecule has 0 radical (unpaired) electrons. The van der Waals surface area contributed by atoms with Crippen molar-refractivity contribution in [3.8, 4) is 11.5 Å². The quantitative estimate of drug-likeness (QED) is 0.485. The van der Waals surface area contributed by atoms with Crippen molar-refractivity contribution < 1.29 is 23.8 Å². The zero-order valence-electron chi connectivity index (χ0n) is 19.9. The predicted molar refractivity (Wildman–Crippen MR) is 124 cm³/mol. The molecule has 0 fully saturated rings. The van der Waals surface area contributed by atoms with Gasteiger partial charge in [0.2, 0.25) is 0 Å². The van der Waals surface area contributed by atoms with Crippen LogP contribution >= 0.6 is 0 Å². The van der Waals surface area contributed by atoms with E-state index in [2.05, 4.69) is 25.7 Å². The summed E-state index contributed by atoms with van der Waals surface area (Å²) in [5.74, 6) is 0.210. The van der Waals surface area contributed by atoms with E-state index in [1.165, 1.54) is 0 Å². The first kappa shape index (κ1) is 23.6. The summed E-state index contributed by atoms with van der Waals surface area (Å²) < 4.78 is 16.7. The molecule has 1 N–H and O–H groups in total. The number of dihydropyridines is 1. The Labute approximate surface area is 190 Å². The highest BCUT2D eigenvalue weighted by atomic mass is 16.5. The van der Waals surface area contributed by atoms with E-state index in [-0.39, 0.29) is 17.8 Å². The SMILES string of the molecule is C=C(C)COc1ccc([C@@H]2C(C(=O)OCC)=C(C)NC3=C2C(=O)CC(C)(C)C3)cc1OC. The summed E-state index contributed by atoms with van der Waals surface area (Å²) in [7, 11) is 1.57. The van der Waals surface area contributed by atoms with E-state index in [9.17, 15) is 9.59 Å². The van der Waals surface area contributed by atoms with Crippen LogP contribution in [0.1, 0.15) is 58.9 Å². The molecule has 3 rings (SSSR count). The molecular formula is C26H33NO5. The lowest BCUT2D eigenvalue weighted by Crippen LogP contribution is -2.38. The molecule has 1 heterocycles. The number of nitrogens with one attached hydrogen (secondary N) is 1. The monoisotopic (exact) mass is 439 g/mol. The molecule has 0 amide bonds. The van der Waals surface area contributed by atoms with E-state index < -0.39 is 11.9 Å². The first-order valence-corrected chi connectivity index (χ1v) is 10.9. The summed E-state index contributed by atoms with van der Waals surface area (Å²) in [6, 6.07) is 5.54. The molecule has 1 atom stereocenters. The minimum Gasteiger partial charge on any atom is -0.493 e. The Bertz CT molecular complexity index is 1020. The van der Waals surface area contributed by atoms with Gasteiger partial charge in [-0.1, -0.05) is 26.5 Å². The number of Topliss-reactive ketones (excluding diaryl/α,β-unsaturated/α-hetero) is 1. The van der Waals surface area contributed by atoms with Gasteiger partial charge in [0.25, 0.3) is 0 Å². The fourth-order valence-electron chi connectivity index (χ4n) is 4.43. The van der Waals surface area contributed by atoms with Crippen LogP contribution in [0.2, 0.25) is 0 Å². The molecule has 1 aromatic rings. The number of carbonyl (C=O) groups is 2. The molecule has 6 nitrogen and oxygen atoms in total. The maximum Gasteiger partial charge on any atom is 0.336 e. The van der Waals surface area contributed by atoms with Gasteiger partial charge in [-0.2, -0.15) is 0 Å². The average Bonchev–Trinajstić information content (AvgIpc) is 2.70. The van der Waals surface area contributed by atoms with Gasteiger partial charge in [-0.3, -0.25) is 4.79 Å². The minimum atomic E-state index is -0.530. The number of carbonyl (C=O) groups excluding carboxylic acids is 2. The highest BCUT2D eigenvalue weighted by molar-refractivity contribution is 6.04. The Hall–Kier alpha value is -3.02. The zero-order chi connectivity index (χ0) is 23.6. The lowest BCUT2D eigenvalue weighted by molar-refractivity contribution is -0.138. The van der Waals surface area contributed by atoms with E-state index in [1.807, 2.05) is 32.0 Å². The average molecular weight is 440 g/mol. The van der Waals surface area contributed by atoms with Gasteiger partial charge >= 0.3 is 5.97 Å². The van der Waals surface area contributed by atoms with Crippen LogP contribution in [0, 0.1) is 5.41 Å². The minimum absolute atomic E-state index is 0.0459. The second-order valence-corrected chi connectivity index (χ2v) is 9.31. The van der Waals surface area contributed by atoms with Crippen molar-refractivity contribution in [2.45, 2.75) is 53.4 Å². The number of methoxy groups -OCH3 is 1. The molecule has 2 aliphatic rings. The predicted octanol–water partition coefficient (Wildman–Crippen LogP) is 4.82. The molecular weight excluding hydrogens is 406 g/mol. The maximum atomic E-state index is 13.3. The van der Waals surface area contributed by atoms with Gasteiger partial charge in [0.05, 0.1) is 19.3 Å². The van der Waals surface area contributed by atoms with Crippen LogP contribution in [0.3, 0.4) is 0 Å². The number of benzene rings is 1. The number of esters is 1. The van der Waals surface area contributed by atoms with Crippen molar-refractivity contribution in [3.05, 3.63) is 58.5 Å². The van der Waals surface area contributed by atoms with E-state index in [0.29, 0.717) is 41.4 Å². The van der Waals surface area contributed by atoms with Gasteiger partial charge in [-0.05, 0) is 55.9 Å². The topological polar surface area (TPSA) is 73.9 Å². The molecule has 0 spiro atoms. The standard InChI is InChI=1S/C26H33NO5/c1-8-31-25(29)22-16(4)27-18-12-26(5,6)13-19(28)24(18)23(22)17-9-10-20(21(11-17)30-7)32-14-15(2)3/h9-11,23,27H,2,8,12-14H2,1,3-7H3/t23-/m1/s1.